The number of nitrogens with one attached hydrogen (secondary N) is 1. The van der Waals surface area contributed by atoms with Crippen LogP contribution in [0.1, 0.15) is 77.6 Å². The quantitative estimate of drug-likeness (QED) is 0.0808. The zero-order chi connectivity index (χ0) is 32.0. The van der Waals surface area contributed by atoms with Crippen LogP contribution in [0.5, 0.6) is 0 Å². The molecule has 2 saturated heterocycles. The van der Waals surface area contributed by atoms with Crippen molar-refractivity contribution < 1.29 is 43.2 Å². The van der Waals surface area contributed by atoms with E-state index in [1.54, 1.807) is 0 Å². The van der Waals surface area contributed by atoms with Crippen molar-refractivity contribution in [2.45, 2.75) is 94.9 Å². The largest absolute Gasteiger partial charge is 0.481 e. The first-order valence-electron chi connectivity index (χ1n) is 16.3. The van der Waals surface area contributed by atoms with E-state index in [4.69, 9.17) is 24.7 Å². The minimum Gasteiger partial charge on any atom is -0.481 e. The number of carboxylic acid groups (broad SMARTS) is 1. The van der Waals surface area contributed by atoms with Crippen LogP contribution in [-0.2, 0) is 33.3 Å². The molecule has 13 heteroatoms. The number of nitrogens with zero attached hydrogens (tertiary/aromatic N) is 1. The van der Waals surface area contributed by atoms with Gasteiger partial charge < -0.3 is 40.0 Å². The molecule has 4 atom stereocenters. The summed E-state index contributed by atoms with van der Waals surface area (Å²) in [5.41, 5.74) is 5.44. The van der Waals surface area contributed by atoms with Crippen LogP contribution < -0.4 is 11.1 Å². The van der Waals surface area contributed by atoms with Crippen LogP contribution in [0.25, 0.3) is 0 Å². The number of amides is 2. The fourth-order valence-corrected chi connectivity index (χ4v) is 7.15. The molecule has 0 aromatic carbocycles. The third-order valence-corrected chi connectivity index (χ3v) is 9.46. The average molecular weight is 646 g/mol. The molecule has 2 aliphatic heterocycles. The first-order chi connectivity index (χ1) is 21.4. The number of aliphatic carboxylic acids is 1. The molecular weight excluding hydrogens is 590 g/mol. The SMILES string of the molecule is CCN1C(=O)N[C@H]2CS[C@@H](CCCCC(=O)CCCOCCOCCOCCOCCC(=O)C[C@@H](CCCCN)C(=O)O)[C@H]21. The van der Waals surface area contributed by atoms with Crippen molar-refractivity contribution in [2.24, 2.45) is 11.7 Å². The lowest BCUT2D eigenvalue weighted by molar-refractivity contribution is -0.144. The predicted octanol–water partition coefficient (Wildman–Crippen LogP) is 3.04. The summed E-state index contributed by atoms with van der Waals surface area (Å²) in [5.74, 6) is -0.439. The second-order valence-electron chi connectivity index (χ2n) is 11.4. The zero-order valence-electron chi connectivity index (χ0n) is 26.5. The molecule has 4 N–H and O–H groups in total. The molecule has 12 nitrogen and oxygen atoms in total. The van der Waals surface area contributed by atoms with Crippen LogP contribution in [0.4, 0.5) is 4.79 Å². The van der Waals surface area contributed by atoms with Gasteiger partial charge in [0, 0.05) is 49.8 Å². The lowest BCUT2D eigenvalue weighted by atomic mass is 9.95. The summed E-state index contributed by atoms with van der Waals surface area (Å²) in [6.07, 6.45) is 6.96. The molecule has 0 spiro atoms. The fraction of sp³-hybridized carbons (Fsp3) is 0.871. The number of likely N-dealkylation sites (N-methyl/N-ethyl adjacent to an activating group) is 1. The molecule has 254 valence electrons. The van der Waals surface area contributed by atoms with Gasteiger partial charge in [0.05, 0.1) is 64.2 Å². The Bertz CT molecular complexity index is 850. The van der Waals surface area contributed by atoms with Gasteiger partial charge in [-0.05, 0) is 45.6 Å². The van der Waals surface area contributed by atoms with Crippen LogP contribution in [-0.4, -0.2) is 123 Å². The van der Waals surface area contributed by atoms with Crippen molar-refractivity contribution >= 4 is 35.3 Å². The number of nitrogens with two attached hydrogens (primary N) is 1. The smallest absolute Gasteiger partial charge is 0.318 e. The summed E-state index contributed by atoms with van der Waals surface area (Å²) in [5, 5.41) is 12.8. The summed E-state index contributed by atoms with van der Waals surface area (Å²) in [7, 11) is 0. The molecule has 2 aliphatic rings. The minimum atomic E-state index is -0.938. The van der Waals surface area contributed by atoms with E-state index in [1.807, 2.05) is 23.6 Å². The monoisotopic (exact) mass is 645 g/mol. The highest BCUT2D eigenvalue weighted by Gasteiger charge is 2.47. The van der Waals surface area contributed by atoms with Gasteiger partial charge in [-0.3, -0.25) is 14.4 Å². The van der Waals surface area contributed by atoms with E-state index in [-0.39, 0.29) is 43.1 Å². The number of ether oxygens (including phenoxy) is 4. The number of hydrogen-bond acceptors (Lipinski definition) is 10. The van der Waals surface area contributed by atoms with Crippen LogP contribution in [0.3, 0.4) is 0 Å². The molecule has 2 heterocycles. The number of Topliss-reactive ketones (excluding diaryl/α,β-unsaturated/α-hetero) is 2. The number of carbonyl (C=O) groups is 4. The number of urea groups is 1. The maximum atomic E-state index is 12.2. The van der Waals surface area contributed by atoms with Gasteiger partial charge >= 0.3 is 12.0 Å². The summed E-state index contributed by atoms with van der Waals surface area (Å²) in [6, 6.07) is 0.625. The normalized spacial score (nSPS) is 20.1. The van der Waals surface area contributed by atoms with E-state index >= 15 is 0 Å². The molecule has 0 radical (unpaired) electrons. The van der Waals surface area contributed by atoms with Crippen molar-refractivity contribution in [1.82, 2.24) is 10.2 Å². The fourth-order valence-electron chi connectivity index (χ4n) is 5.55. The highest BCUT2D eigenvalue weighted by Crippen LogP contribution is 2.37. The first kappa shape index (κ1) is 38.4. The summed E-state index contributed by atoms with van der Waals surface area (Å²) in [6.45, 7) is 6.59. The van der Waals surface area contributed by atoms with Crippen molar-refractivity contribution in [3.8, 4) is 0 Å². The summed E-state index contributed by atoms with van der Waals surface area (Å²) in [4.78, 5) is 49.5. The standard InChI is InChI=1S/C31H55N3O9S/c1-2-34-29-27(33-31(34)39)23-44-28(29)11-4-3-9-25(35)10-7-14-40-16-18-42-20-21-43-19-17-41-15-12-26(36)22-24(30(37)38)8-5-6-13-32/h24,27-29H,2-23,32H2,1H3,(H,33,39)(H,37,38)/t24-,27+,28+,29+/m1/s1. The molecule has 0 aliphatic carbocycles. The van der Waals surface area contributed by atoms with E-state index < -0.39 is 11.9 Å². The van der Waals surface area contributed by atoms with Gasteiger partial charge in [0.1, 0.15) is 11.6 Å². The van der Waals surface area contributed by atoms with Gasteiger partial charge in [0.2, 0.25) is 0 Å². The molecule has 44 heavy (non-hydrogen) atoms. The summed E-state index contributed by atoms with van der Waals surface area (Å²) < 4.78 is 21.9. The third kappa shape index (κ3) is 15.5. The third-order valence-electron chi connectivity index (χ3n) is 7.96. The number of ketones is 2. The van der Waals surface area contributed by atoms with Crippen LogP contribution >= 0.6 is 11.8 Å². The van der Waals surface area contributed by atoms with Crippen molar-refractivity contribution in [2.75, 3.05) is 71.7 Å². The van der Waals surface area contributed by atoms with E-state index in [2.05, 4.69) is 5.32 Å². The molecular formula is C31H55N3O9S. The maximum absolute atomic E-state index is 12.2. The number of carboxylic acids is 1. The van der Waals surface area contributed by atoms with Gasteiger partial charge in [-0.1, -0.05) is 12.8 Å². The number of carbonyl (C=O) groups excluding carboxylic acids is 3. The topological polar surface area (TPSA) is 167 Å². The number of unbranched alkanes of at least 4 members (excludes halogenated alkanes) is 2. The van der Waals surface area contributed by atoms with Crippen molar-refractivity contribution in [3.05, 3.63) is 0 Å². The average Bonchev–Trinajstić information content (AvgIpc) is 3.53. The van der Waals surface area contributed by atoms with Gasteiger partial charge in [-0.2, -0.15) is 11.8 Å². The Morgan fingerprint density at radius 2 is 1.52 bits per heavy atom. The molecule has 0 aromatic rings. The van der Waals surface area contributed by atoms with E-state index in [1.165, 1.54) is 0 Å². The minimum absolute atomic E-state index is 0.0302. The Morgan fingerprint density at radius 1 is 0.886 bits per heavy atom. The highest BCUT2D eigenvalue weighted by molar-refractivity contribution is 8.00. The Balaban J connectivity index is 1.31. The van der Waals surface area contributed by atoms with Crippen LogP contribution in [0.15, 0.2) is 0 Å². The molecule has 0 unspecified atom stereocenters. The molecule has 2 amide bonds. The van der Waals surface area contributed by atoms with Gasteiger partial charge in [0.15, 0.2) is 0 Å². The van der Waals surface area contributed by atoms with E-state index in [0.29, 0.717) is 96.2 Å². The Kier molecular flexibility index (Phi) is 20.6. The van der Waals surface area contributed by atoms with Crippen molar-refractivity contribution in [1.29, 1.82) is 0 Å². The lowest BCUT2D eigenvalue weighted by Gasteiger charge is -2.26. The Morgan fingerprint density at radius 3 is 2.16 bits per heavy atom. The second kappa shape index (κ2) is 23.6. The Labute approximate surface area is 266 Å². The van der Waals surface area contributed by atoms with E-state index in [9.17, 15) is 24.3 Å². The van der Waals surface area contributed by atoms with E-state index in [0.717, 1.165) is 38.0 Å². The zero-order valence-corrected chi connectivity index (χ0v) is 27.3. The molecule has 0 aromatic heterocycles. The second-order valence-corrected chi connectivity index (χ2v) is 12.6. The van der Waals surface area contributed by atoms with Gasteiger partial charge in [-0.15, -0.1) is 0 Å². The number of rotatable bonds is 29. The van der Waals surface area contributed by atoms with Gasteiger partial charge in [0.25, 0.3) is 0 Å². The number of thioether (sulfide) groups is 1. The Hall–Kier alpha value is -1.77. The number of fused-ring (bicyclic) bond motifs is 1. The molecule has 2 fully saturated rings. The highest BCUT2D eigenvalue weighted by atomic mass is 32.2. The van der Waals surface area contributed by atoms with Crippen molar-refractivity contribution in [3.63, 3.8) is 0 Å². The van der Waals surface area contributed by atoms with Gasteiger partial charge in [-0.25, -0.2) is 4.79 Å². The molecule has 2 rings (SSSR count). The van der Waals surface area contributed by atoms with Crippen LogP contribution in [0, 0.1) is 5.92 Å². The van der Waals surface area contributed by atoms with Crippen LogP contribution in [0.2, 0.25) is 0 Å². The maximum Gasteiger partial charge on any atom is 0.318 e. The molecule has 0 saturated carbocycles. The lowest BCUT2D eigenvalue weighted by Crippen LogP contribution is -2.40. The molecule has 0 bridgehead atoms. The summed E-state index contributed by atoms with van der Waals surface area (Å²) >= 11 is 1.95. The predicted molar refractivity (Wildman–Crippen MR) is 169 cm³/mol. The number of hydrogen-bond donors (Lipinski definition) is 3. The first-order valence-corrected chi connectivity index (χ1v) is 17.4.